The van der Waals surface area contributed by atoms with Crippen molar-refractivity contribution in [2.24, 2.45) is 0 Å². The Morgan fingerprint density at radius 2 is 1.71 bits per heavy atom. The van der Waals surface area contributed by atoms with Crippen LogP contribution in [0.5, 0.6) is 5.75 Å². The molecule has 1 aromatic rings. The van der Waals surface area contributed by atoms with Crippen molar-refractivity contribution in [1.82, 2.24) is 9.88 Å². The van der Waals surface area contributed by atoms with E-state index in [1.54, 1.807) is 18.5 Å². The van der Waals surface area contributed by atoms with Crippen LogP contribution in [0.4, 0.5) is 4.79 Å². The zero-order chi connectivity index (χ0) is 22.0. The molecule has 0 N–H and O–H groups in total. The summed E-state index contributed by atoms with van der Waals surface area (Å²) in [6.07, 6.45) is 11.2. The molecule has 2 bridgehead atoms. The predicted octanol–water partition coefficient (Wildman–Crippen LogP) is 4.59. The first-order valence-electron chi connectivity index (χ1n) is 11.5. The minimum Gasteiger partial charge on any atom is -0.489 e. The van der Waals surface area contributed by atoms with Gasteiger partial charge in [0.2, 0.25) is 0 Å². The fourth-order valence-electron chi connectivity index (χ4n) is 5.16. The molecule has 3 atom stereocenters. The van der Waals surface area contributed by atoms with E-state index in [0.29, 0.717) is 11.3 Å². The number of carbonyl (C=O) groups excluding carboxylic acids is 1. The highest BCUT2D eigenvalue weighted by Gasteiger charge is 2.45. The monoisotopic (exact) mass is 427 g/mol. The molecule has 1 saturated carbocycles. The van der Waals surface area contributed by atoms with Crippen LogP contribution >= 0.6 is 0 Å². The summed E-state index contributed by atoms with van der Waals surface area (Å²) in [6, 6.07) is 4.36. The fraction of sp³-hybridized carbons (Fsp3) is 0.708. The van der Waals surface area contributed by atoms with Crippen molar-refractivity contribution in [2.75, 3.05) is 0 Å². The molecule has 31 heavy (non-hydrogen) atoms. The van der Waals surface area contributed by atoms with Crippen LogP contribution in [0, 0.1) is 11.3 Å². The van der Waals surface area contributed by atoms with E-state index in [2.05, 4.69) is 11.1 Å². The molecule has 4 rings (SSSR count). The number of nitrogens with zero attached hydrogens (tertiary/aromatic N) is 3. The summed E-state index contributed by atoms with van der Waals surface area (Å²) < 4.78 is 18.2. The number of nitriles is 1. The predicted molar refractivity (Wildman–Crippen MR) is 115 cm³/mol. The van der Waals surface area contributed by atoms with Gasteiger partial charge in [0.15, 0.2) is 0 Å². The lowest BCUT2D eigenvalue weighted by Crippen LogP contribution is -2.50. The lowest BCUT2D eigenvalue weighted by atomic mass is 9.93. The smallest absolute Gasteiger partial charge is 0.410 e. The van der Waals surface area contributed by atoms with Crippen LogP contribution < -0.4 is 4.74 Å². The number of piperidine rings is 1. The van der Waals surface area contributed by atoms with Gasteiger partial charge in [-0.1, -0.05) is 0 Å². The van der Waals surface area contributed by atoms with Crippen LogP contribution in [-0.2, 0) is 9.47 Å². The van der Waals surface area contributed by atoms with Gasteiger partial charge in [-0.15, -0.1) is 0 Å². The van der Waals surface area contributed by atoms with Gasteiger partial charge in [0, 0.05) is 24.5 Å². The summed E-state index contributed by atoms with van der Waals surface area (Å²) in [4.78, 5) is 18.6. The molecule has 0 spiro atoms. The van der Waals surface area contributed by atoms with Crippen LogP contribution in [0.3, 0.4) is 0 Å². The summed E-state index contributed by atoms with van der Waals surface area (Å²) in [5.41, 5.74) is 0.0163. The molecule has 1 amide bonds. The summed E-state index contributed by atoms with van der Waals surface area (Å²) in [5.74, 6) is 0.618. The Balaban J connectivity index is 1.25. The Bertz CT molecular complexity index is 809. The molecule has 0 aromatic carbocycles. The van der Waals surface area contributed by atoms with Crippen LogP contribution in [-0.4, -0.2) is 52.0 Å². The van der Waals surface area contributed by atoms with Crippen LogP contribution in [0.15, 0.2) is 18.5 Å². The summed E-state index contributed by atoms with van der Waals surface area (Å²) >= 11 is 0. The molecule has 1 aliphatic carbocycles. The Kier molecular flexibility index (Phi) is 6.38. The highest BCUT2D eigenvalue weighted by atomic mass is 16.6. The molecule has 3 heterocycles. The van der Waals surface area contributed by atoms with Crippen molar-refractivity contribution in [2.45, 2.75) is 108 Å². The third-order valence-corrected chi connectivity index (χ3v) is 6.50. The Morgan fingerprint density at radius 3 is 2.32 bits per heavy atom. The van der Waals surface area contributed by atoms with Crippen molar-refractivity contribution in [1.29, 1.82) is 5.26 Å². The first-order valence-corrected chi connectivity index (χ1v) is 11.5. The van der Waals surface area contributed by atoms with Gasteiger partial charge in [0.25, 0.3) is 0 Å². The molecule has 1 unspecified atom stereocenters. The van der Waals surface area contributed by atoms with E-state index in [4.69, 9.17) is 14.2 Å². The largest absolute Gasteiger partial charge is 0.489 e. The van der Waals surface area contributed by atoms with Crippen molar-refractivity contribution < 1.29 is 19.0 Å². The molecule has 1 aromatic heterocycles. The van der Waals surface area contributed by atoms with Crippen molar-refractivity contribution in [3.8, 4) is 11.8 Å². The molecular formula is C24H33N3O4. The second-order valence-corrected chi connectivity index (χ2v) is 10.0. The lowest BCUT2D eigenvalue weighted by molar-refractivity contribution is -0.0813. The minimum atomic E-state index is -0.463. The quantitative estimate of drug-likeness (QED) is 0.699. The zero-order valence-corrected chi connectivity index (χ0v) is 18.8. The number of pyridine rings is 1. The van der Waals surface area contributed by atoms with Crippen LogP contribution in [0.2, 0.25) is 0 Å². The van der Waals surface area contributed by atoms with Gasteiger partial charge in [-0.05, 0) is 78.2 Å². The average Bonchev–Trinajstić information content (AvgIpc) is 3.00. The van der Waals surface area contributed by atoms with E-state index in [1.165, 1.54) is 0 Å². The fourth-order valence-corrected chi connectivity index (χ4v) is 5.16. The number of aromatic nitrogens is 1. The van der Waals surface area contributed by atoms with Crippen molar-refractivity contribution in [3.63, 3.8) is 0 Å². The number of hydrogen-bond acceptors (Lipinski definition) is 6. The van der Waals surface area contributed by atoms with E-state index in [9.17, 15) is 10.1 Å². The van der Waals surface area contributed by atoms with E-state index >= 15 is 0 Å². The lowest BCUT2D eigenvalue weighted by Gasteiger charge is -2.41. The van der Waals surface area contributed by atoms with E-state index in [1.807, 2.05) is 25.7 Å². The number of hydrogen-bond donors (Lipinski definition) is 0. The molecule has 0 radical (unpaired) electrons. The number of fused-ring (bicyclic) bond motifs is 2. The van der Waals surface area contributed by atoms with Gasteiger partial charge in [-0.2, -0.15) is 5.26 Å². The number of rotatable bonds is 4. The normalized spacial score (nSPS) is 30.5. The second kappa shape index (κ2) is 9.04. The molecule has 7 heteroatoms. The average molecular weight is 428 g/mol. The molecule has 3 fully saturated rings. The first kappa shape index (κ1) is 21.9. The third-order valence-electron chi connectivity index (χ3n) is 6.50. The van der Waals surface area contributed by atoms with Gasteiger partial charge in [-0.25, -0.2) is 4.79 Å². The number of amides is 1. The number of ether oxygens (including phenoxy) is 3. The van der Waals surface area contributed by atoms with E-state index in [-0.39, 0.29) is 36.5 Å². The zero-order valence-electron chi connectivity index (χ0n) is 18.8. The second-order valence-electron chi connectivity index (χ2n) is 10.0. The van der Waals surface area contributed by atoms with Crippen LogP contribution in [0.25, 0.3) is 0 Å². The van der Waals surface area contributed by atoms with Gasteiger partial charge in [-0.3, -0.25) is 4.98 Å². The Hall–Kier alpha value is -2.33. The topological polar surface area (TPSA) is 84.7 Å². The molecule has 168 valence electrons. The Labute approximate surface area is 184 Å². The van der Waals surface area contributed by atoms with Crippen molar-refractivity contribution >= 4 is 6.09 Å². The van der Waals surface area contributed by atoms with Crippen molar-refractivity contribution in [3.05, 3.63) is 24.0 Å². The highest BCUT2D eigenvalue weighted by Crippen LogP contribution is 2.39. The molecule has 2 aliphatic heterocycles. The first-order chi connectivity index (χ1) is 14.8. The summed E-state index contributed by atoms with van der Waals surface area (Å²) in [6.45, 7) is 5.75. The third kappa shape index (κ3) is 5.30. The van der Waals surface area contributed by atoms with Gasteiger partial charge >= 0.3 is 6.09 Å². The molecular weight excluding hydrogens is 394 g/mol. The maximum absolute atomic E-state index is 12.6. The summed E-state index contributed by atoms with van der Waals surface area (Å²) in [5, 5.41) is 9.21. The maximum atomic E-state index is 12.6. The molecule has 3 aliphatic rings. The SMILES string of the molecule is CC(C)(C)OC(=O)N1[C@@H]2CC[C@H]1CC(OC1CCC(Oc3ccncc3C#N)CC1)C2. The van der Waals surface area contributed by atoms with E-state index < -0.39 is 5.60 Å². The standard InChI is InChI=1S/C24H33N3O4/c1-24(2,3)31-23(28)27-17-4-5-18(27)13-21(12-17)29-19-6-8-20(9-7-19)30-22-10-11-26-15-16(22)14-25/h10-11,15,17-21H,4-9,12-13H2,1-3H3/t17-,18+,19?,20?,21?. The van der Waals surface area contributed by atoms with Gasteiger partial charge in [0.1, 0.15) is 23.0 Å². The van der Waals surface area contributed by atoms with Crippen LogP contribution in [0.1, 0.15) is 77.7 Å². The minimum absolute atomic E-state index is 0.111. The van der Waals surface area contributed by atoms with Gasteiger partial charge < -0.3 is 19.1 Å². The highest BCUT2D eigenvalue weighted by molar-refractivity contribution is 5.69. The van der Waals surface area contributed by atoms with E-state index in [0.717, 1.165) is 51.4 Å². The molecule has 7 nitrogen and oxygen atoms in total. The maximum Gasteiger partial charge on any atom is 0.410 e. The molecule has 2 saturated heterocycles. The van der Waals surface area contributed by atoms with Gasteiger partial charge in [0.05, 0.1) is 18.3 Å². The number of carbonyl (C=O) groups is 1. The summed E-state index contributed by atoms with van der Waals surface area (Å²) in [7, 11) is 0. The Morgan fingerprint density at radius 1 is 1.06 bits per heavy atom.